The summed E-state index contributed by atoms with van der Waals surface area (Å²) in [4.78, 5) is 21.0. The van der Waals surface area contributed by atoms with E-state index in [4.69, 9.17) is 14.8 Å². The Morgan fingerprint density at radius 2 is 1.90 bits per heavy atom. The van der Waals surface area contributed by atoms with Crippen LogP contribution >= 0.6 is 0 Å². The van der Waals surface area contributed by atoms with Gasteiger partial charge in [-0.2, -0.15) is 5.10 Å². The number of rotatable bonds is 5. The lowest BCUT2D eigenvalue weighted by Gasteiger charge is -2.21. The third kappa shape index (κ3) is 3.90. The first-order chi connectivity index (χ1) is 19.1. The van der Waals surface area contributed by atoms with Gasteiger partial charge < -0.3 is 9.84 Å². The summed E-state index contributed by atoms with van der Waals surface area (Å²) in [6.07, 6.45) is 8.05. The largest absolute Gasteiger partial charge is 0.493 e. The van der Waals surface area contributed by atoms with Gasteiger partial charge in [0.1, 0.15) is 5.75 Å². The van der Waals surface area contributed by atoms with Gasteiger partial charge in [0.15, 0.2) is 0 Å². The van der Waals surface area contributed by atoms with Crippen molar-refractivity contribution in [2.75, 3.05) is 6.61 Å². The average molecular weight is 513 g/mol. The molecule has 2 aromatic carbocycles. The van der Waals surface area contributed by atoms with Crippen molar-refractivity contribution in [1.82, 2.24) is 19.6 Å². The van der Waals surface area contributed by atoms with E-state index < -0.39 is 5.97 Å². The molecule has 0 saturated carbocycles. The van der Waals surface area contributed by atoms with Crippen LogP contribution in [0.4, 0.5) is 0 Å². The molecule has 0 atom stereocenters. The number of hydrogen-bond donors (Lipinski definition) is 1. The summed E-state index contributed by atoms with van der Waals surface area (Å²) in [5.41, 5.74) is 9.99. The first-order valence-corrected chi connectivity index (χ1v) is 12.8. The Kier molecular flexibility index (Phi) is 5.37. The zero-order valence-corrected chi connectivity index (χ0v) is 21.3. The Hall–Kier alpha value is -5.04. The summed E-state index contributed by atoms with van der Waals surface area (Å²) in [5.74, 6) is -0.0698. The van der Waals surface area contributed by atoms with Crippen LogP contribution in [0.2, 0.25) is 0 Å². The SMILES string of the molecule is Cc1cn2nc(-c3cccc(-c4cccnc4)c3)cc2c(-c2ccc3c4c(ccnc24)CCO3)c1CC(=O)O. The molecule has 7 heteroatoms. The van der Waals surface area contributed by atoms with Gasteiger partial charge in [-0.15, -0.1) is 0 Å². The molecule has 1 N–H and O–H groups in total. The molecule has 5 heterocycles. The Morgan fingerprint density at radius 1 is 1.03 bits per heavy atom. The van der Waals surface area contributed by atoms with Crippen LogP contribution in [-0.2, 0) is 17.6 Å². The number of aromatic nitrogens is 4. The third-order valence-corrected chi connectivity index (χ3v) is 7.41. The monoisotopic (exact) mass is 512 g/mol. The van der Waals surface area contributed by atoms with Crippen LogP contribution in [-0.4, -0.2) is 37.3 Å². The molecular formula is C32H24N4O3. The van der Waals surface area contributed by atoms with Gasteiger partial charge in [-0.1, -0.05) is 24.3 Å². The normalized spacial score (nSPS) is 12.5. The van der Waals surface area contributed by atoms with Crippen LogP contribution in [0.5, 0.6) is 5.75 Å². The maximum atomic E-state index is 12.0. The minimum Gasteiger partial charge on any atom is -0.493 e. The molecule has 6 aromatic rings. The highest BCUT2D eigenvalue weighted by atomic mass is 16.5. The second-order valence-electron chi connectivity index (χ2n) is 9.82. The van der Waals surface area contributed by atoms with Crippen LogP contribution in [0.25, 0.3) is 49.9 Å². The highest BCUT2D eigenvalue weighted by Gasteiger charge is 2.23. The van der Waals surface area contributed by atoms with Crippen molar-refractivity contribution in [3.63, 3.8) is 0 Å². The molecule has 7 rings (SSSR count). The molecule has 0 unspecified atom stereocenters. The number of nitrogens with zero attached hydrogens (tertiary/aromatic N) is 4. The van der Waals surface area contributed by atoms with Crippen molar-refractivity contribution in [3.8, 4) is 39.3 Å². The number of carboxylic acid groups (broad SMARTS) is 1. The van der Waals surface area contributed by atoms with E-state index in [1.807, 2.05) is 78.6 Å². The van der Waals surface area contributed by atoms with E-state index in [1.54, 1.807) is 6.20 Å². The van der Waals surface area contributed by atoms with Crippen molar-refractivity contribution >= 4 is 22.4 Å². The Labute approximate surface area is 224 Å². The van der Waals surface area contributed by atoms with E-state index in [1.165, 1.54) is 5.56 Å². The molecule has 1 aliphatic heterocycles. The minimum atomic E-state index is -0.883. The highest BCUT2D eigenvalue weighted by Crippen LogP contribution is 2.41. The molecule has 1 aliphatic rings. The van der Waals surface area contributed by atoms with Crippen LogP contribution in [0.15, 0.2) is 85.5 Å². The van der Waals surface area contributed by atoms with Crippen molar-refractivity contribution in [2.24, 2.45) is 0 Å². The lowest BCUT2D eigenvalue weighted by molar-refractivity contribution is -0.136. The van der Waals surface area contributed by atoms with Gasteiger partial charge in [-0.3, -0.25) is 14.8 Å². The maximum absolute atomic E-state index is 12.0. The topological polar surface area (TPSA) is 89.6 Å². The summed E-state index contributed by atoms with van der Waals surface area (Å²) >= 11 is 0. The predicted molar refractivity (Wildman–Crippen MR) is 150 cm³/mol. The molecule has 190 valence electrons. The number of aliphatic carboxylic acids is 1. The zero-order valence-electron chi connectivity index (χ0n) is 21.3. The van der Waals surface area contributed by atoms with Crippen LogP contribution in [0, 0.1) is 6.92 Å². The Bertz CT molecular complexity index is 1900. The lowest BCUT2D eigenvalue weighted by Crippen LogP contribution is -2.10. The van der Waals surface area contributed by atoms with E-state index in [-0.39, 0.29) is 6.42 Å². The Balaban J connectivity index is 1.48. The van der Waals surface area contributed by atoms with Gasteiger partial charge in [0.25, 0.3) is 0 Å². The second-order valence-corrected chi connectivity index (χ2v) is 9.82. The molecule has 0 radical (unpaired) electrons. The van der Waals surface area contributed by atoms with E-state index in [0.717, 1.165) is 73.2 Å². The summed E-state index contributed by atoms with van der Waals surface area (Å²) in [7, 11) is 0. The molecular weight excluding hydrogens is 488 g/mol. The molecule has 0 amide bonds. The smallest absolute Gasteiger partial charge is 0.307 e. The second kappa shape index (κ2) is 9.06. The fourth-order valence-electron chi connectivity index (χ4n) is 5.61. The fourth-order valence-corrected chi connectivity index (χ4v) is 5.61. The summed E-state index contributed by atoms with van der Waals surface area (Å²) in [5, 5.41) is 15.8. The highest BCUT2D eigenvalue weighted by molar-refractivity contribution is 6.04. The standard InChI is InChI=1S/C32H24N4O3/c1-19-18-36-27(16-26(35-36)22-5-2-4-21(14-22)23-6-3-11-33-17-23)31(25(19)15-29(37)38)24-7-8-28-30-20(10-13-39-28)9-12-34-32(24)30/h2-9,11-12,14,16-18H,10,13,15H2,1H3,(H,37,38). The maximum Gasteiger partial charge on any atom is 0.307 e. The molecule has 4 aromatic heterocycles. The van der Waals surface area contributed by atoms with E-state index in [9.17, 15) is 9.90 Å². The van der Waals surface area contributed by atoms with Gasteiger partial charge in [0.05, 0.1) is 29.8 Å². The van der Waals surface area contributed by atoms with Gasteiger partial charge in [-0.05, 0) is 65.6 Å². The van der Waals surface area contributed by atoms with Gasteiger partial charge in [-0.25, -0.2) is 4.52 Å². The Morgan fingerprint density at radius 3 is 2.74 bits per heavy atom. The number of aryl methyl sites for hydroxylation is 1. The fraction of sp³-hybridized carbons (Fsp3) is 0.125. The molecule has 0 bridgehead atoms. The molecule has 39 heavy (non-hydrogen) atoms. The van der Waals surface area contributed by atoms with Gasteiger partial charge in [0.2, 0.25) is 0 Å². The minimum absolute atomic E-state index is 0.103. The number of benzene rings is 2. The van der Waals surface area contributed by atoms with Gasteiger partial charge in [0, 0.05) is 58.8 Å². The molecule has 0 aliphatic carbocycles. The number of ether oxygens (including phenoxy) is 1. The number of pyridine rings is 3. The first kappa shape index (κ1) is 23.1. The van der Waals surface area contributed by atoms with E-state index >= 15 is 0 Å². The van der Waals surface area contributed by atoms with E-state index in [0.29, 0.717) is 6.61 Å². The van der Waals surface area contributed by atoms with Crippen molar-refractivity contribution < 1.29 is 14.6 Å². The third-order valence-electron chi connectivity index (χ3n) is 7.41. The molecule has 0 spiro atoms. The first-order valence-electron chi connectivity index (χ1n) is 12.8. The van der Waals surface area contributed by atoms with Crippen molar-refractivity contribution in [3.05, 3.63) is 102 Å². The molecule has 0 saturated heterocycles. The quantitative estimate of drug-likeness (QED) is 0.298. The van der Waals surface area contributed by atoms with E-state index in [2.05, 4.69) is 17.1 Å². The van der Waals surface area contributed by atoms with Crippen molar-refractivity contribution in [2.45, 2.75) is 19.8 Å². The summed E-state index contributed by atoms with van der Waals surface area (Å²) in [6.45, 7) is 2.57. The number of carboxylic acids is 1. The van der Waals surface area contributed by atoms with Gasteiger partial charge >= 0.3 is 5.97 Å². The lowest BCUT2D eigenvalue weighted by atomic mass is 9.91. The number of fused-ring (bicyclic) bond motifs is 1. The summed E-state index contributed by atoms with van der Waals surface area (Å²) < 4.78 is 7.80. The van der Waals surface area contributed by atoms with Crippen LogP contribution in [0.1, 0.15) is 16.7 Å². The predicted octanol–water partition coefficient (Wildman–Crippen LogP) is 6.15. The van der Waals surface area contributed by atoms with Crippen LogP contribution < -0.4 is 4.74 Å². The molecule has 7 nitrogen and oxygen atoms in total. The zero-order chi connectivity index (χ0) is 26.5. The van der Waals surface area contributed by atoms with Crippen LogP contribution in [0.3, 0.4) is 0 Å². The van der Waals surface area contributed by atoms with Crippen molar-refractivity contribution in [1.29, 1.82) is 0 Å². The molecule has 0 fully saturated rings. The summed E-state index contributed by atoms with van der Waals surface area (Å²) in [6, 6.07) is 20.2. The number of carbonyl (C=O) groups is 1. The average Bonchev–Trinajstić information content (AvgIpc) is 3.38. The number of hydrogen-bond acceptors (Lipinski definition) is 5.